The number of methoxy groups -OCH3 is 1. The van der Waals surface area contributed by atoms with Crippen LogP contribution in [-0.4, -0.2) is 83.2 Å². The number of ketones is 1. The molecule has 13 atom stereocenters. The molecule has 0 radical (unpaired) electrons. The maximum Gasteiger partial charge on any atom is 0.331 e. The fraction of sp³-hybridized carbons (Fsp3) is 0.867. The number of rotatable bonds is 4. The van der Waals surface area contributed by atoms with Gasteiger partial charge in [0.1, 0.15) is 18.8 Å². The standard InChI is InChI=1S/C30H44O9/c1-15-25(32)21(36-4)13-23(38-15)39-18-7-9-28(2)17(12-18)5-6-20-24(28)26(33)27(34)29(3)19(8-10-30(20,29)35)16-11-22(31)37-14-16/h11,15,17-21,23-25,27,32,34-35H,5-10,12-14H2,1-4H3/t15-,17?,18-,19?,20?,21-,23-,24?,25+,27+,28-,29?,30-/m0/s1. The zero-order chi connectivity index (χ0) is 27.9. The van der Waals surface area contributed by atoms with Crippen LogP contribution in [0.2, 0.25) is 0 Å². The van der Waals surface area contributed by atoms with Crippen molar-refractivity contribution in [2.75, 3.05) is 13.7 Å². The molecule has 4 saturated carbocycles. The number of aliphatic hydroxyl groups excluding tert-OH is 2. The summed E-state index contributed by atoms with van der Waals surface area (Å²) in [4.78, 5) is 25.9. The van der Waals surface area contributed by atoms with Crippen LogP contribution in [0.4, 0.5) is 0 Å². The average Bonchev–Trinajstić information content (AvgIpc) is 3.45. The molecule has 0 spiro atoms. The van der Waals surface area contributed by atoms with Crippen molar-refractivity contribution in [3.05, 3.63) is 11.6 Å². The minimum Gasteiger partial charge on any atom is -0.458 e. The largest absolute Gasteiger partial charge is 0.458 e. The van der Waals surface area contributed by atoms with Gasteiger partial charge in [-0.2, -0.15) is 0 Å². The van der Waals surface area contributed by atoms with Crippen LogP contribution in [0.3, 0.4) is 0 Å². The topological polar surface area (TPSA) is 132 Å². The van der Waals surface area contributed by atoms with Crippen molar-refractivity contribution in [1.29, 1.82) is 0 Å². The summed E-state index contributed by atoms with van der Waals surface area (Å²) in [7, 11) is 1.59. The van der Waals surface area contributed by atoms with Gasteiger partial charge in [0, 0.05) is 30.9 Å². The Morgan fingerprint density at radius 3 is 2.51 bits per heavy atom. The SMILES string of the molecule is CO[C@H]1C[C@H](O[C@H]2CC[C@@]3(C)C(CCC4C3C(=O)[C@@H](O)C3(C)C(C5=CC(=O)OC5)CC[C@]43O)C2)O[C@@H](C)[C@H]1O. The number of esters is 1. The Hall–Kier alpha value is -1.36. The molecule has 4 aliphatic carbocycles. The first-order valence-corrected chi connectivity index (χ1v) is 14.8. The van der Waals surface area contributed by atoms with Gasteiger partial charge < -0.3 is 34.3 Å². The summed E-state index contributed by atoms with van der Waals surface area (Å²) in [5, 5.41) is 34.3. The molecule has 0 bridgehead atoms. The Morgan fingerprint density at radius 2 is 1.82 bits per heavy atom. The highest BCUT2D eigenvalue weighted by atomic mass is 16.7. The lowest BCUT2D eigenvalue weighted by molar-refractivity contribution is -0.274. The van der Waals surface area contributed by atoms with Gasteiger partial charge in [-0.15, -0.1) is 0 Å². The molecule has 5 fully saturated rings. The minimum atomic E-state index is -1.30. The van der Waals surface area contributed by atoms with E-state index in [1.54, 1.807) is 7.11 Å². The second-order valence-electron chi connectivity index (χ2n) is 13.6. The van der Waals surface area contributed by atoms with E-state index in [-0.39, 0.29) is 53.9 Å². The first-order valence-electron chi connectivity index (χ1n) is 14.8. The lowest BCUT2D eigenvalue weighted by Gasteiger charge is -2.64. The van der Waals surface area contributed by atoms with Gasteiger partial charge in [-0.05, 0) is 80.6 Å². The average molecular weight is 549 g/mol. The fourth-order valence-corrected chi connectivity index (χ4v) is 9.82. The van der Waals surface area contributed by atoms with Gasteiger partial charge in [0.15, 0.2) is 12.1 Å². The van der Waals surface area contributed by atoms with Gasteiger partial charge in [0.25, 0.3) is 0 Å². The van der Waals surface area contributed by atoms with Gasteiger partial charge in [-0.1, -0.05) is 13.8 Å². The number of fused-ring (bicyclic) bond motifs is 5. The van der Waals surface area contributed by atoms with Crippen molar-refractivity contribution in [2.45, 2.75) is 115 Å². The predicted octanol–water partition coefficient (Wildman–Crippen LogP) is 2.29. The number of cyclic esters (lactones) is 1. The first-order chi connectivity index (χ1) is 18.4. The predicted molar refractivity (Wildman–Crippen MR) is 138 cm³/mol. The molecule has 2 aliphatic heterocycles. The third kappa shape index (κ3) is 3.94. The van der Waals surface area contributed by atoms with E-state index in [0.717, 1.165) is 37.7 Å². The summed E-state index contributed by atoms with van der Waals surface area (Å²) in [6.45, 7) is 6.02. The summed E-state index contributed by atoms with van der Waals surface area (Å²) in [6.07, 6.45) is 3.83. The lowest BCUT2D eigenvalue weighted by atomic mass is 9.42. The molecule has 5 unspecified atom stereocenters. The van der Waals surface area contributed by atoms with Crippen LogP contribution in [-0.2, 0) is 28.5 Å². The van der Waals surface area contributed by atoms with Crippen molar-refractivity contribution < 1.29 is 43.9 Å². The first kappa shape index (κ1) is 27.8. The molecule has 6 aliphatic rings. The third-order valence-electron chi connectivity index (χ3n) is 12.1. The van der Waals surface area contributed by atoms with Crippen LogP contribution in [0.5, 0.6) is 0 Å². The molecule has 0 amide bonds. The molecular weight excluding hydrogens is 504 g/mol. The lowest BCUT2D eigenvalue weighted by Crippen LogP contribution is -2.70. The minimum absolute atomic E-state index is 0.0238. The van der Waals surface area contributed by atoms with Crippen LogP contribution in [0.15, 0.2) is 11.6 Å². The van der Waals surface area contributed by atoms with Gasteiger partial charge in [0.05, 0.1) is 23.9 Å². The highest BCUT2D eigenvalue weighted by Gasteiger charge is 2.73. The van der Waals surface area contributed by atoms with Gasteiger partial charge in [-0.3, -0.25) is 4.79 Å². The number of Topliss-reactive ketones (excluding diaryl/α,β-unsaturated/α-hetero) is 1. The van der Waals surface area contributed by atoms with Gasteiger partial charge in [-0.25, -0.2) is 4.79 Å². The molecule has 1 saturated heterocycles. The van der Waals surface area contributed by atoms with Crippen molar-refractivity contribution in [3.63, 3.8) is 0 Å². The second-order valence-corrected chi connectivity index (χ2v) is 13.6. The van der Waals surface area contributed by atoms with E-state index in [0.29, 0.717) is 19.3 Å². The molecule has 0 aromatic heterocycles. The molecule has 0 aromatic carbocycles. The van der Waals surface area contributed by atoms with E-state index in [9.17, 15) is 24.9 Å². The molecule has 39 heavy (non-hydrogen) atoms. The Morgan fingerprint density at radius 1 is 1.05 bits per heavy atom. The monoisotopic (exact) mass is 548 g/mol. The number of carbonyl (C=O) groups excluding carboxylic acids is 2. The summed E-state index contributed by atoms with van der Waals surface area (Å²) < 4.78 is 22.9. The summed E-state index contributed by atoms with van der Waals surface area (Å²) in [5.74, 6) is -1.24. The van der Waals surface area contributed by atoms with Crippen molar-refractivity contribution in [2.24, 2.45) is 34.5 Å². The summed E-state index contributed by atoms with van der Waals surface area (Å²) in [5.41, 5.74) is -1.80. The van der Waals surface area contributed by atoms with E-state index < -0.39 is 41.4 Å². The Balaban J connectivity index is 1.21. The molecule has 9 nitrogen and oxygen atoms in total. The highest BCUT2D eigenvalue weighted by Crippen LogP contribution is 2.69. The summed E-state index contributed by atoms with van der Waals surface area (Å²) >= 11 is 0. The van der Waals surface area contributed by atoms with E-state index in [2.05, 4.69) is 6.92 Å². The molecule has 9 heteroatoms. The Kier molecular flexibility index (Phi) is 6.84. The smallest absolute Gasteiger partial charge is 0.331 e. The molecule has 3 N–H and O–H groups in total. The molecule has 6 rings (SSSR count). The third-order valence-corrected chi connectivity index (χ3v) is 12.1. The molecule has 2 heterocycles. The Bertz CT molecular complexity index is 1040. The van der Waals surface area contributed by atoms with Crippen LogP contribution in [0, 0.1) is 34.5 Å². The van der Waals surface area contributed by atoms with Crippen LogP contribution >= 0.6 is 0 Å². The maximum atomic E-state index is 14.1. The number of carbonyl (C=O) groups is 2. The van der Waals surface area contributed by atoms with E-state index in [1.165, 1.54) is 6.08 Å². The quantitative estimate of drug-likeness (QED) is 0.358. The van der Waals surface area contributed by atoms with Gasteiger partial charge >= 0.3 is 5.97 Å². The molecule has 218 valence electrons. The van der Waals surface area contributed by atoms with Crippen molar-refractivity contribution >= 4 is 11.8 Å². The van der Waals surface area contributed by atoms with Crippen LogP contribution in [0.1, 0.15) is 72.1 Å². The number of aliphatic hydroxyl groups is 3. The van der Waals surface area contributed by atoms with E-state index in [4.69, 9.17) is 18.9 Å². The van der Waals surface area contributed by atoms with Gasteiger partial charge in [0.2, 0.25) is 0 Å². The van der Waals surface area contributed by atoms with Crippen molar-refractivity contribution in [3.8, 4) is 0 Å². The number of ether oxygens (including phenoxy) is 4. The van der Waals surface area contributed by atoms with E-state index in [1.807, 2.05) is 13.8 Å². The van der Waals surface area contributed by atoms with Crippen molar-refractivity contribution in [1.82, 2.24) is 0 Å². The molecule has 0 aromatic rings. The maximum absolute atomic E-state index is 14.1. The molecular formula is C30H44O9. The number of hydrogen-bond acceptors (Lipinski definition) is 9. The normalized spacial score (nSPS) is 53.5. The second kappa shape index (κ2) is 9.60. The van der Waals surface area contributed by atoms with E-state index >= 15 is 0 Å². The highest BCUT2D eigenvalue weighted by molar-refractivity contribution is 5.90. The number of hydrogen-bond donors (Lipinski definition) is 3. The Labute approximate surface area is 230 Å². The van der Waals surface area contributed by atoms with Crippen LogP contribution in [0.25, 0.3) is 0 Å². The van der Waals surface area contributed by atoms with Crippen LogP contribution < -0.4 is 0 Å². The summed E-state index contributed by atoms with van der Waals surface area (Å²) in [6, 6.07) is 0. The zero-order valence-corrected chi connectivity index (χ0v) is 23.5. The zero-order valence-electron chi connectivity index (χ0n) is 23.5. The fourth-order valence-electron chi connectivity index (χ4n) is 9.82.